The monoisotopic (exact) mass is 572 g/mol. The molecule has 5 rings (SSSR count). The fourth-order valence-electron chi connectivity index (χ4n) is 5.09. The summed E-state index contributed by atoms with van der Waals surface area (Å²) in [5.74, 6) is 1.32. The zero-order valence-electron chi connectivity index (χ0n) is 22.7. The minimum absolute atomic E-state index is 0.00720. The lowest BCUT2D eigenvalue weighted by molar-refractivity contribution is -0.275. The summed E-state index contributed by atoms with van der Waals surface area (Å²) in [4.78, 5) is 18.8. The molecule has 0 saturated heterocycles. The third kappa shape index (κ3) is 6.22. The van der Waals surface area contributed by atoms with Gasteiger partial charge in [-0.3, -0.25) is 4.98 Å². The highest BCUT2D eigenvalue weighted by molar-refractivity contribution is 7.21. The number of ether oxygens (including phenoxy) is 2. The Bertz CT molecular complexity index is 1510. The van der Waals surface area contributed by atoms with Gasteiger partial charge in [0.1, 0.15) is 16.3 Å². The summed E-state index contributed by atoms with van der Waals surface area (Å²) in [5, 5.41) is 7.63. The molecule has 8 nitrogen and oxygen atoms in total. The Balaban J connectivity index is 1.45. The van der Waals surface area contributed by atoms with E-state index in [0.717, 1.165) is 51.4 Å². The van der Waals surface area contributed by atoms with E-state index in [1.807, 2.05) is 19.9 Å². The number of benzene rings is 1. The Hall–Kier alpha value is -3.67. The molecule has 4 aromatic rings. The zero-order chi connectivity index (χ0) is 28.4. The van der Waals surface area contributed by atoms with E-state index in [0.29, 0.717) is 23.2 Å². The lowest BCUT2D eigenvalue weighted by atomic mass is 10.1. The van der Waals surface area contributed by atoms with Crippen LogP contribution in [0.1, 0.15) is 49.6 Å². The molecule has 1 fully saturated rings. The fourth-order valence-corrected chi connectivity index (χ4v) is 6.20. The average Bonchev–Trinajstić information content (AvgIpc) is 3.54. The number of hydrogen-bond donors (Lipinski definition) is 2. The summed E-state index contributed by atoms with van der Waals surface area (Å²) in [7, 11) is 1.29. The Kier molecular flexibility index (Phi) is 7.97. The number of nitrogens with zero attached hydrogens (tertiary/aromatic N) is 4. The first-order valence-electron chi connectivity index (χ1n) is 13.2. The van der Waals surface area contributed by atoms with Crippen LogP contribution in [0.4, 0.5) is 24.9 Å². The van der Waals surface area contributed by atoms with Crippen molar-refractivity contribution >= 4 is 33.3 Å². The Morgan fingerprint density at radius 2 is 1.88 bits per heavy atom. The summed E-state index contributed by atoms with van der Waals surface area (Å²) >= 11 is 1.57. The first-order valence-corrected chi connectivity index (χ1v) is 14.0. The molecule has 2 N–H and O–H groups in total. The van der Waals surface area contributed by atoms with E-state index >= 15 is 0 Å². The van der Waals surface area contributed by atoms with Crippen LogP contribution in [-0.4, -0.2) is 39.4 Å². The fraction of sp³-hybridized carbons (Fsp3) is 0.429. The Morgan fingerprint density at radius 3 is 2.58 bits per heavy atom. The van der Waals surface area contributed by atoms with Gasteiger partial charge in [0.2, 0.25) is 5.95 Å². The van der Waals surface area contributed by atoms with E-state index < -0.39 is 12.1 Å². The number of thiazole rings is 1. The molecule has 212 valence electrons. The van der Waals surface area contributed by atoms with Gasteiger partial charge in [0.25, 0.3) is 0 Å². The van der Waals surface area contributed by atoms with Crippen molar-refractivity contribution in [3.63, 3.8) is 0 Å². The quantitative estimate of drug-likeness (QED) is 0.216. The van der Waals surface area contributed by atoms with Crippen molar-refractivity contribution in [1.29, 1.82) is 0 Å². The van der Waals surface area contributed by atoms with E-state index in [-0.39, 0.29) is 18.3 Å². The number of halogens is 3. The van der Waals surface area contributed by atoms with Gasteiger partial charge in [-0.1, -0.05) is 19.4 Å². The molecule has 3 heterocycles. The summed E-state index contributed by atoms with van der Waals surface area (Å²) in [6, 6.07) is 6.63. The lowest BCUT2D eigenvalue weighted by Crippen LogP contribution is -2.19. The maximum Gasteiger partial charge on any atom is 0.573 e. The maximum absolute atomic E-state index is 12.9. The van der Waals surface area contributed by atoms with Crippen molar-refractivity contribution in [2.75, 3.05) is 17.7 Å². The minimum atomic E-state index is -4.83. The molecular weight excluding hydrogens is 541 g/mol. The van der Waals surface area contributed by atoms with E-state index in [2.05, 4.69) is 27.3 Å². The molecule has 1 aliphatic carbocycles. The van der Waals surface area contributed by atoms with Gasteiger partial charge in [0.15, 0.2) is 11.5 Å². The number of methoxy groups -OCH3 is 1. The first kappa shape index (κ1) is 27.9. The van der Waals surface area contributed by atoms with E-state index in [1.54, 1.807) is 23.6 Å². The number of nitrogens with one attached hydrogen (secondary N) is 2. The molecule has 2 unspecified atom stereocenters. The predicted molar refractivity (Wildman–Crippen MR) is 150 cm³/mol. The van der Waals surface area contributed by atoms with Crippen LogP contribution in [0.25, 0.3) is 20.8 Å². The second-order valence-electron chi connectivity index (χ2n) is 9.93. The largest absolute Gasteiger partial charge is 0.573 e. The number of fused-ring (bicyclic) bond motifs is 1. The summed E-state index contributed by atoms with van der Waals surface area (Å²) in [6.45, 7) is 6.26. The van der Waals surface area contributed by atoms with E-state index in [9.17, 15) is 13.2 Å². The highest BCUT2D eigenvalue weighted by atomic mass is 32.1. The lowest BCUT2D eigenvalue weighted by Gasteiger charge is -2.19. The summed E-state index contributed by atoms with van der Waals surface area (Å²) in [5.41, 5.74) is 3.86. The molecule has 12 heteroatoms. The highest BCUT2D eigenvalue weighted by Gasteiger charge is 2.32. The molecule has 3 aromatic heterocycles. The molecular formula is C28H31F3N6O2S. The molecule has 0 spiro atoms. The molecule has 1 aliphatic rings. The summed E-state index contributed by atoms with van der Waals surface area (Å²) in [6.07, 6.45) is 1.39. The van der Waals surface area contributed by atoms with Crippen molar-refractivity contribution in [3.05, 3.63) is 47.4 Å². The van der Waals surface area contributed by atoms with Gasteiger partial charge in [-0.05, 0) is 62.8 Å². The number of aryl methyl sites for hydroxylation is 2. The van der Waals surface area contributed by atoms with Crippen molar-refractivity contribution in [2.45, 2.75) is 65.4 Å². The van der Waals surface area contributed by atoms with Gasteiger partial charge in [0.05, 0.1) is 28.8 Å². The second kappa shape index (κ2) is 11.4. The van der Waals surface area contributed by atoms with Gasteiger partial charge in [-0.25, -0.2) is 9.97 Å². The van der Waals surface area contributed by atoms with Gasteiger partial charge >= 0.3 is 6.36 Å². The Labute approximate surface area is 234 Å². The molecule has 0 amide bonds. The third-order valence-corrected chi connectivity index (χ3v) is 8.20. The minimum Gasteiger partial charge on any atom is -0.493 e. The number of pyridine rings is 1. The normalized spacial score (nSPS) is 17.3. The van der Waals surface area contributed by atoms with Crippen LogP contribution < -0.4 is 20.1 Å². The third-order valence-electron chi connectivity index (χ3n) is 7.16. The van der Waals surface area contributed by atoms with Crippen molar-refractivity contribution in [1.82, 2.24) is 19.9 Å². The van der Waals surface area contributed by atoms with Crippen molar-refractivity contribution in [2.24, 2.45) is 5.92 Å². The predicted octanol–water partition coefficient (Wildman–Crippen LogP) is 7.28. The van der Waals surface area contributed by atoms with Crippen LogP contribution in [0.3, 0.4) is 0 Å². The van der Waals surface area contributed by atoms with Crippen LogP contribution in [0, 0.1) is 19.8 Å². The Morgan fingerprint density at radius 1 is 1.05 bits per heavy atom. The van der Waals surface area contributed by atoms with Crippen LogP contribution in [0.2, 0.25) is 0 Å². The number of anilines is 2. The smallest absolute Gasteiger partial charge is 0.493 e. The van der Waals surface area contributed by atoms with Crippen LogP contribution >= 0.6 is 11.3 Å². The topological polar surface area (TPSA) is 94.1 Å². The summed E-state index contributed by atoms with van der Waals surface area (Å²) < 4.78 is 48.8. The molecule has 0 bridgehead atoms. The van der Waals surface area contributed by atoms with Crippen molar-refractivity contribution < 1.29 is 22.6 Å². The maximum atomic E-state index is 12.9. The number of hydrogen-bond acceptors (Lipinski definition) is 9. The average molecular weight is 573 g/mol. The number of aromatic nitrogens is 4. The van der Waals surface area contributed by atoms with Gasteiger partial charge in [-0.2, -0.15) is 4.98 Å². The van der Waals surface area contributed by atoms with Crippen LogP contribution in [-0.2, 0) is 6.54 Å². The van der Waals surface area contributed by atoms with Gasteiger partial charge < -0.3 is 20.1 Å². The highest BCUT2D eigenvalue weighted by Crippen LogP contribution is 2.39. The number of alkyl halides is 3. The first-order chi connectivity index (χ1) is 19.1. The van der Waals surface area contributed by atoms with Gasteiger partial charge in [0, 0.05) is 18.8 Å². The molecule has 0 radical (unpaired) electrons. The van der Waals surface area contributed by atoms with E-state index in [1.165, 1.54) is 25.7 Å². The molecule has 0 aliphatic heterocycles. The molecule has 40 heavy (non-hydrogen) atoms. The van der Waals surface area contributed by atoms with Crippen molar-refractivity contribution in [3.8, 4) is 22.1 Å². The molecule has 1 saturated carbocycles. The molecule has 1 aromatic carbocycles. The number of rotatable bonds is 9. The second-order valence-corrected chi connectivity index (χ2v) is 11.0. The van der Waals surface area contributed by atoms with Crippen LogP contribution in [0.5, 0.6) is 11.5 Å². The SMILES string of the molecule is CCC1CCC(Nc2nc(NCc3ccc(OC)c(OC(F)(F)F)c3)nc(C)c2-c2nc3c(C)nccc3s2)C1. The standard InChI is InChI=1S/C28H31F3N6O2S/c1-5-17-6-8-19(12-17)35-25-23(26-36-24-16(3)32-11-10-22(24)40-26)15(2)34-27(37-25)33-14-18-7-9-20(38-4)21(13-18)39-28(29,30)31/h7,9-11,13,17,19H,5-6,8,12,14H2,1-4H3,(H2,33,34,35,37). The van der Waals surface area contributed by atoms with E-state index in [4.69, 9.17) is 19.7 Å². The van der Waals surface area contributed by atoms with Crippen LogP contribution in [0.15, 0.2) is 30.5 Å². The zero-order valence-corrected chi connectivity index (χ0v) is 23.5. The van der Waals surface area contributed by atoms with Gasteiger partial charge in [-0.15, -0.1) is 24.5 Å². The molecule has 2 atom stereocenters.